The molecule has 2 aliphatic rings. The number of amides is 1. The van der Waals surface area contributed by atoms with E-state index in [1.807, 2.05) is 41.8 Å². The molecule has 1 aromatic heterocycles. The van der Waals surface area contributed by atoms with Crippen molar-refractivity contribution in [2.24, 2.45) is 5.41 Å². The number of hydrogen-bond acceptors (Lipinski definition) is 5. The van der Waals surface area contributed by atoms with Gasteiger partial charge >= 0.3 is 0 Å². The number of carbonyl (C=O) groups excluding carboxylic acids is 2. The predicted molar refractivity (Wildman–Crippen MR) is 132 cm³/mol. The third kappa shape index (κ3) is 3.85. The molecule has 1 atom stereocenters. The first-order chi connectivity index (χ1) is 15.9. The molecule has 0 saturated carbocycles. The number of allylic oxidation sites excluding steroid dienone is 1. The van der Waals surface area contributed by atoms with Gasteiger partial charge in [-0.3, -0.25) is 14.5 Å². The molecule has 1 N–H and O–H groups in total. The molecule has 2 heterocycles. The van der Waals surface area contributed by atoms with E-state index in [4.69, 9.17) is 4.74 Å². The van der Waals surface area contributed by atoms with Crippen LogP contribution >= 0.6 is 11.3 Å². The Morgan fingerprint density at radius 3 is 2.52 bits per heavy atom. The summed E-state index contributed by atoms with van der Waals surface area (Å²) in [7, 11) is 1.60. The number of nitrogens with zero attached hydrogens (tertiary/aromatic N) is 1. The topological polar surface area (TPSA) is 58.6 Å². The number of anilines is 2. The Balaban J connectivity index is 1.74. The molecule has 6 heteroatoms. The first-order valence-electron chi connectivity index (χ1n) is 11.0. The minimum absolute atomic E-state index is 0.0903. The molecule has 0 bridgehead atoms. The molecular weight excluding hydrogens is 432 g/mol. The van der Waals surface area contributed by atoms with Crippen LogP contribution in [0.5, 0.6) is 5.75 Å². The molecule has 0 fully saturated rings. The van der Waals surface area contributed by atoms with Crippen molar-refractivity contribution < 1.29 is 14.3 Å². The van der Waals surface area contributed by atoms with Gasteiger partial charge in [0.05, 0.1) is 18.5 Å². The monoisotopic (exact) mass is 458 g/mol. The van der Waals surface area contributed by atoms with Gasteiger partial charge in [-0.25, -0.2) is 0 Å². The summed E-state index contributed by atoms with van der Waals surface area (Å²) in [5.41, 5.74) is 3.59. The second-order valence-electron chi connectivity index (χ2n) is 9.30. The fourth-order valence-corrected chi connectivity index (χ4v) is 5.62. The number of Topliss-reactive ketones (excluding diaryl/α,β-unsaturated/α-hetero) is 1. The smallest absolute Gasteiger partial charge is 0.259 e. The van der Waals surface area contributed by atoms with E-state index in [9.17, 15) is 9.59 Å². The second-order valence-corrected chi connectivity index (χ2v) is 10.3. The van der Waals surface area contributed by atoms with Crippen molar-refractivity contribution in [2.45, 2.75) is 32.7 Å². The zero-order valence-electron chi connectivity index (χ0n) is 18.9. The molecule has 5 rings (SSSR count). The molecule has 0 unspecified atom stereocenters. The maximum absolute atomic E-state index is 14.1. The summed E-state index contributed by atoms with van der Waals surface area (Å²) in [6.07, 6.45) is 1.20. The lowest BCUT2D eigenvalue weighted by Gasteiger charge is -2.36. The van der Waals surface area contributed by atoms with Crippen molar-refractivity contribution in [2.75, 3.05) is 17.3 Å². The molecule has 3 aromatic rings. The van der Waals surface area contributed by atoms with E-state index >= 15 is 0 Å². The number of nitrogens with one attached hydrogen (secondary N) is 1. The van der Waals surface area contributed by atoms with Crippen LogP contribution in [0.1, 0.15) is 48.0 Å². The van der Waals surface area contributed by atoms with Crippen LogP contribution in [0.25, 0.3) is 0 Å². The van der Waals surface area contributed by atoms with E-state index in [0.29, 0.717) is 23.3 Å². The lowest BCUT2D eigenvalue weighted by atomic mass is 9.74. The maximum atomic E-state index is 14.1. The number of carbonyl (C=O) groups is 2. The number of rotatable bonds is 3. The number of ether oxygens (including phenoxy) is 1. The molecule has 1 aliphatic heterocycles. The summed E-state index contributed by atoms with van der Waals surface area (Å²) in [6, 6.07) is 18.4. The Morgan fingerprint density at radius 2 is 1.82 bits per heavy atom. The molecule has 33 heavy (non-hydrogen) atoms. The van der Waals surface area contributed by atoms with Gasteiger partial charge in [0.2, 0.25) is 0 Å². The molecule has 0 saturated heterocycles. The summed E-state index contributed by atoms with van der Waals surface area (Å²) in [6.45, 7) is 4.24. The number of methoxy groups -OCH3 is 1. The molecular formula is C27H26N2O3S. The van der Waals surface area contributed by atoms with Crippen LogP contribution in [0.15, 0.2) is 77.3 Å². The van der Waals surface area contributed by atoms with Gasteiger partial charge in [-0.2, -0.15) is 0 Å². The minimum atomic E-state index is -0.491. The third-order valence-electron chi connectivity index (χ3n) is 6.27. The van der Waals surface area contributed by atoms with Gasteiger partial charge in [0.1, 0.15) is 11.8 Å². The Kier molecular flexibility index (Phi) is 5.33. The van der Waals surface area contributed by atoms with E-state index in [2.05, 4.69) is 19.2 Å². The van der Waals surface area contributed by atoms with Crippen molar-refractivity contribution in [3.8, 4) is 5.75 Å². The number of hydrogen-bond donors (Lipinski definition) is 1. The predicted octanol–water partition coefficient (Wildman–Crippen LogP) is 6.21. The van der Waals surface area contributed by atoms with Crippen LogP contribution in [-0.2, 0) is 4.79 Å². The standard InChI is InChI=1S/C27H26N2O3S/c1-27(2)15-20-24(22(30)16-27)25(23-9-6-14-33-23)29(21-8-5-4-7-19(21)28-20)26(31)17-10-12-18(32-3)13-11-17/h4-14,25,28H,15-16H2,1-3H3/t25-/m0/s1. The average molecular weight is 459 g/mol. The van der Waals surface area contributed by atoms with Crippen molar-refractivity contribution >= 4 is 34.4 Å². The molecule has 1 amide bonds. The molecule has 0 radical (unpaired) electrons. The number of ketones is 1. The highest BCUT2D eigenvalue weighted by Gasteiger charge is 2.43. The fraction of sp³-hybridized carbons (Fsp3) is 0.259. The number of para-hydroxylation sites is 2. The van der Waals surface area contributed by atoms with E-state index < -0.39 is 6.04 Å². The van der Waals surface area contributed by atoms with Crippen LogP contribution in [-0.4, -0.2) is 18.8 Å². The van der Waals surface area contributed by atoms with Crippen molar-refractivity contribution in [1.82, 2.24) is 0 Å². The van der Waals surface area contributed by atoms with Crippen LogP contribution < -0.4 is 15.0 Å². The number of thiophene rings is 1. The van der Waals surface area contributed by atoms with Crippen LogP contribution in [0, 0.1) is 5.41 Å². The second kappa shape index (κ2) is 8.19. The third-order valence-corrected chi connectivity index (χ3v) is 7.19. The van der Waals surface area contributed by atoms with Gasteiger partial charge < -0.3 is 10.1 Å². The molecule has 5 nitrogen and oxygen atoms in total. The Morgan fingerprint density at radius 1 is 1.06 bits per heavy atom. The summed E-state index contributed by atoms with van der Waals surface area (Å²) < 4.78 is 5.27. The molecule has 1 aliphatic carbocycles. The van der Waals surface area contributed by atoms with Gasteiger partial charge in [-0.15, -0.1) is 11.3 Å². The van der Waals surface area contributed by atoms with Crippen LogP contribution in [0.4, 0.5) is 11.4 Å². The van der Waals surface area contributed by atoms with Crippen LogP contribution in [0.3, 0.4) is 0 Å². The Labute approximate surface area is 197 Å². The summed E-state index contributed by atoms with van der Waals surface area (Å²) in [5.74, 6) is 0.623. The molecule has 2 aromatic carbocycles. The fourth-order valence-electron chi connectivity index (χ4n) is 4.80. The van der Waals surface area contributed by atoms with E-state index in [0.717, 1.165) is 28.4 Å². The summed E-state index contributed by atoms with van der Waals surface area (Å²) >= 11 is 1.57. The van der Waals surface area contributed by atoms with Crippen molar-refractivity contribution in [1.29, 1.82) is 0 Å². The largest absolute Gasteiger partial charge is 0.497 e. The lowest BCUT2D eigenvalue weighted by molar-refractivity contribution is -0.118. The van der Waals surface area contributed by atoms with Crippen molar-refractivity contribution in [3.05, 3.63) is 87.8 Å². The Bertz CT molecular complexity index is 1240. The zero-order chi connectivity index (χ0) is 23.2. The highest BCUT2D eigenvalue weighted by Crippen LogP contribution is 2.49. The molecule has 168 valence electrons. The van der Waals surface area contributed by atoms with Gasteiger partial charge in [-0.1, -0.05) is 32.0 Å². The normalized spacial score (nSPS) is 19.3. The SMILES string of the molecule is COc1ccc(C(=O)N2c3ccccc3NC3=C(C(=O)CC(C)(C)C3)[C@@H]2c2cccs2)cc1. The van der Waals surface area contributed by atoms with Gasteiger partial charge in [0, 0.05) is 28.1 Å². The number of fused-ring (bicyclic) bond motifs is 1. The van der Waals surface area contributed by atoms with Crippen LogP contribution in [0.2, 0.25) is 0 Å². The first kappa shape index (κ1) is 21.5. The number of benzene rings is 2. The summed E-state index contributed by atoms with van der Waals surface area (Å²) in [5, 5.41) is 5.54. The zero-order valence-corrected chi connectivity index (χ0v) is 19.7. The van der Waals surface area contributed by atoms with E-state index in [-0.39, 0.29) is 17.1 Å². The van der Waals surface area contributed by atoms with Gasteiger partial charge in [-0.05, 0) is 59.7 Å². The minimum Gasteiger partial charge on any atom is -0.497 e. The molecule has 0 spiro atoms. The van der Waals surface area contributed by atoms with Gasteiger partial charge in [0.15, 0.2) is 5.78 Å². The van der Waals surface area contributed by atoms with E-state index in [1.54, 1.807) is 47.6 Å². The van der Waals surface area contributed by atoms with Gasteiger partial charge in [0.25, 0.3) is 5.91 Å². The van der Waals surface area contributed by atoms with Crippen molar-refractivity contribution in [3.63, 3.8) is 0 Å². The lowest BCUT2D eigenvalue weighted by Crippen LogP contribution is -2.39. The quantitative estimate of drug-likeness (QED) is 0.507. The first-order valence-corrected chi connectivity index (χ1v) is 11.9. The highest BCUT2D eigenvalue weighted by molar-refractivity contribution is 7.10. The maximum Gasteiger partial charge on any atom is 0.259 e. The Hall–Kier alpha value is -3.38. The summed E-state index contributed by atoms with van der Waals surface area (Å²) in [4.78, 5) is 30.4. The average Bonchev–Trinajstić information content (AvgIpc) is 3.28. The van der Waals surface area contributed by atoms with E-state index in [1.165, 1.54) is 0 Å². The highest BCUT2D eigenvalue weighted by atomic mass is 32.1.